The van der Waals surface area contributed by atoms with Gasteiger partial charge in [0.1, 0.15) is 6.04 Å². The lowest BCUT2D eigenvalue weighted by Gasteiger charge is -2.38. The molecule has 0 aromatic carbocycles. The Morgan fingerprint density at radius 2 is 2.36 bits per heavy atom. The number of likely N-dealkylation sites (N-methyl/N-ethyl adjacent to an activating group) is 1. The van der Waals surface area contributed by atoms with Crippen molar-refractivity contribution >= 4 is 5.91 Å². The van der Waals surface area contributed by atoms with Gasteiger partial charge in [0, 0.05) is 19.1 Å². The Hall–Kier alpha value is -0.610. The molecule has 4 heteroatoms. The van der Waals surface area contributed by atoms with E-state index in [2.05, 4.69) is 29.4 Å². The molecule has 14 heavy (non-hydrogen) atoms. The Kier molecular flexibility index (Phi) is 4.35. The lowest BCUT2D eigenvalue weighted by atomic mass is 10.1. The van der Waals surface area contributed by atoms with E-state index in [4.69, 9.17) is 0 Å². The number of hydrogen-bond acceptors (Lipinski definition) is 3. The molecule has 1 heterocycles. The van der Waals surface area contributed by atoms with E-state index in [0.717, 1.165) is 26.1 Å². The summed E-state index contributed by atoms with van der Waals surface area (Å²) in [5, 5.41) is 6.05. The van der Waals surface area contributed by atoms with Crippen LogP contribution < -0.4 is 10.6 Å². The number of rotatable bonds is 4. The molecule has 1 saturated heterocycles. The number of carbonyl (C=O) groups excluding carboxylic acids is 1. The second-order valence-corrected chi connectivity index (χ2v) is 3.98. The molecule has 82 valence electrons. The zero-order valence-electron chi connectivity index (χ0n) is 9.34. The van der Waals surface area contributed by atoms with E-state index >= 15 is 0 Å². The molecule has 1 rings (SSSR count). The maximum absolute atomic E-state index is 11.7. The Labute approximate surface area is 86.0 Å². The largest absolute Gasteiger partial charge is 0.351 e. The van der Waals surface area contributed by atoms with Crippen molar-refractivity contribution in [3.63, 3.8) is 0 Å². The SMILES string of the molecule is CCCN1CC(C)NC(=O)C1CNC. The molecular weight excluding hydrogens is 178 g/mol. The van der Waals surface area contributed by atoms with Crippen molar-refractivity contribution in [3.8, 4) is 0 Å². The fourth-order valence-electron chi connectivity index (χ4n) is 1.98. The van der Waals surface area contributed by atoms with Gasteiger partial charge >= 0.3 is 0 Å². The van der Waals surface area contributed by atoms with Gasteiger partial charge in [-0.25, -0.2) is 0 Å². The van der Waals surface area contributed by atoms with Crippen LogP contribution in [0.2, 0.25) is 0 Å². The quantitative estimate of drug-likeness (QED) is 0.659. The van der Waals surface area contributed by atoms with Crippen LogP contribution in [0.4, 0.5) is 0 Å². The lowest BCUT2D eigenvalue weighted by Crippen LogP contribution is -2.61. The second kappa shape index (κ2) is 5.32. The third-order valence-electron chi connectivity index (χ3n) is 2.55. The van der Waals surface area contributed by atoms with Crippen molar-refractivity contribution in [1.82, 2.24) is 15.5 Å². The maximum Gasteiger partial charge on any atom is 0.238 e. The number of hydrogen-bond donors (Lipinski definition) is 2. The smallest absolute Gasteiger partial charge is 0.238 e. The minimum atomic E-state index is 0.0103. The molecule has 0 saturated carbocycles. The lowest BCUT2D eigenvalue weighted by molar-refractivity contribution is -0.130. The van der Waals surface area contributed by atoms with Crippen LogP contribution >= 0.6 is 0 Å². The molecule has 4 nitrogen and oxygen atoms in total. The number of nitrogens with one attached hydrogen (secondary N) is 2. The van der Waals surface area contributed by atoms with Crippen LogP contribution in [0.15, 0.2) is 0 Å². The van der Waals surface area contributed by atoms with Crippen LogP contribution in [0.25, 0.3) is 0 Å². The monoisotopic (exact) mass is 199 g/mol. The second-order valence-electron chi connectivity index (χ2n) is 3.98. The average molecular weight is 199 g/mol. The molecule has 0 spiro atoms. The molecule has 1 amide bonds. The molecule has 2 N–H and O–H groups in total. The van der Waals surface area contributed by atoms with E-state index in [1.807, 2.05) is 7.05 Å². The Bertz CT molecular complexity index is 196. The van der Waals surface area contributed by atoms with E-state index in [1.54, 1.807) is 0 Å². The molecule has 0 aromatic rings. The van der Waals surface area contributed by atoms with Gasteiger partial charge in [-0.3, -0.25) is 9.69 Å². The predicted molar refractivity (Wildman–Crippen MR) is 57.2 cm³/mol. The molecule has 2 atom stereocenters. The van der Waals surface area contributed by atoms with E-state index in [0.29, 0.717) is 0 Å². The predicted octanol–water partition coefficient (Wildman–Crippen LogP) is -0.195. The van der Waals surface area contributed by atoms with Crippen LogP contribution in [0, 0.1) is 0 Å². The van der Waals surface area contributed by atoms with Gasteiger partial charge < -0.3 is 10.6 Å². The highest BCUT2D eigenvalue weighted by Crippen LogP contribution is 2.08. The van der Waals surface area contributed by atoms with Crippen LogP contribution in [-0.4, -0.2) is 49.6 Å². The van der Waals surface area contributed by atoms with E-state index in [1.165, 1.54) is 0 Å². The summed E-state index contributed by atoms with van der Waals surface area (Å²) in [6.07, 6.45) is 1.10. The molecule has 0 bridgehead atoms. The first-order valence-electron chi connectivity index (χ1n) is 5.38. The van der Waals surface area contributed by atoms with Crippen molar-refractivity contribution in [2.24, 2.45) is 0 Å². The summed E-state index contributed by atoms with van der Waals surface area (Å²) >= 11 is 0. The van der Waals surface area contributed by atoms with Gasteiger partial charge in [-0.1, -0.05) is 6.92 Å². The Morgan fingerprint density at radius 1 is 1.64 bits per heavy atom. The summed E-state index contributed by atoms with van der Waals surface area (Å²) < 4.78 is 0. The summed E-state index contributed by atoms with van der Waals surface area (Å²) in [6.45, 7) is 6.90. The molecule has 1 aliphatic heterocycles. The first-order valence-corrected chi connectivity index (χ1v) is 5.38. The summed E-state index contributed by atoms with van der Waals surface area (Å²) in [7, 11) is 1.88. The Morgan fingerprint density at radius 3 is 2.93 bits per heavy atom. The average Bonchev–Trinajstić information content (AvgIpc) is 2.11. The zero-order chi connectivity index (χ0) is 10.6. The van der Waals surface area contributed by atoms with Gasteiger partial charge in [-0.15, -0.1) is 0 Å². The first-order chi connectivity index (χ1) is 6.69. The normalized spacial score (nSPS) is 28.9. The molecule has 2 unspecified atom stereocenters. The highest BCUT2D eigenvalue weighted by molar-refractivity contribution is 5.83. The van der Waals surface area contributed by atoms with Crippen LogP contribution in [-0.2, 0) is 4.79 Å². The molecular formula is C10H21N3O. The van der Waals surface area contributed by atoms with Gasteiger partial charge in [0.25, 0.3) is 0 Å². The fourth-order valence-corrected chi connectivity index (χ4v) is 1.98. The highest BCUT2D eigenvalue weighted by atomic mass is 16.2. The van der Waals surface area contributed by atoms with E-state index < -0.39 is 0 Å². The van der Waals surface area contributed by atoms with Gasteiger partial charge in [0.2, 0.25) is 5.91 Å². The fraction of sp³-hybridized carbons (Fsp3) is 0.900. The topological polar surface area (TPSA) is 44.4 Å². The van der Waals surface area contributed by atoms with Gasteiger partial charge in [-0.2, -0.15) is 0 Å². The third kappa shape index (κ3) is 2.69. The highest BCUT2D eigenvalue weighted by Gasteiger charge is 2.31. The molecule has 1 fully saturated rings. The summed E-state index contributed by atoms with van der Waals surface area (Å²) in [5.74, 6) is 0.159. The molecule has 1 aliphatic rings. The summed E-state index contributed by atoms with van der Waals surface area (Å²) in [6, 6.07) is 0.290. The summed E-state index contributed by atoms with van der Waals surface area (Å²) in [4.78, 5) is 14.0. The minimum absolute atomic E-state index is 0.0103. The van der Waals surface area contributed by atoms with Crippen molar-refractivity contribution in [2.45, 2.75) is 32.4 Å². The van der Waals surface area contributed by atoms with Crippen molar-refractivity contribution in [3.05, 3.63) is 0 Å². The van der Waals surface area contributed by atoms with E-state index in [-0.39, 0.29) is 18.0 Å². The van der Waals surface area contributed by atoms with Crippen molar-refractivity contribution in [1.29, 1.82) is 0 Å². The molecule has 0 aromatic heterocycles. The van der Waals surface area contributed by atoms with Crippen LogP contribution in [0.5, 0.6) is 0 Å². The first kappa shape index (κ1) is 11.5. The van der Waals surface area contributed by atoms with Crippen LogP contribution in [0.3, 0.4) is 0 Å². The van der Waals surface area contributed by atoms with Gasteiger partial charge in [-0.05, 0) is 26.9 Å². The zero-order valence-corrected chi connectivity index (χ0v) is 9.34. The van der Waals surface area contributed by atoms with Crippen molar-refractivity contribution in [2.75, 3.05) is 26.7 Å². The number of nitrogens with zero attached hydrogens (tertiary/aromatic N) is 1. The Balaban J connectivity index is 2.60. The van der Waals surface area contributed by atoms with Crippen molar-refractivity contribution < 1.29 is 4.79 Å². The summed E-state index contributed by atoms with van der Waals surface area (Å²) in [5.41, 5.74) is 0. The van der Waals surface area contributed by atoms with Gasteiger partial charge in [0.05, 0.1) is 0 Å². The third-order valence-corrected chi connectivity index (χ3v) is 2.55. The maximum atomic E-state index is 11.7. The number of carbonyl (C=O) groups is 1. The van der Waals surface area contributed by atoms with Crippen LogP contribution in [0.1, 0.15) is 20.3 Å². The number of amides is 1. The standard InChI is InChI=1S/C10H21N3O/c1-4-5-13-7-8(2)12-10(14)9(13)6-11-3/h8-9,11H,4-7H2,1-3H3,(H,12,14). The number of piperazine rings is 1. The van der Waals surface area contributed by atoms with Gasteiger partial charge in [0.15, 0.2) is 0 Å². The molecule has 0 radical (unpaired) electrons. The van der Waals surface area contributed by atoms with E-state index in [9.17, 15) is 4.79 Å². The minimum Gasteiger partial charge on any atom is -0.351 e. The molecule has 0 aliphatic carbocycles.